The summed E-state index contributed by atoms with van der Waals surface area (Å²) in [5.74, 6) is 0. The number of thiazole rings is 1. The smallest absolute Gasteiger partial charge is 0.333 e. The van der Waals surface area contributed by atoms with Crippen molar-refractivity contribution in [2.45, 2.75) is 104 Å². The van der Waals surface area contributed by atoms with Crippen LogP contribution in [0.4, 0.5) is 11.4 Å². The zero-order valence-corrected chi connectivity index (χ0v) is 40.0. The van der Waals surface area contributed by atoms with Gasteiger partial charge in [0, 0.05) is 44.3 Å². The summed E-state index contributed by atoms with van der Waals surface area (Å²) in [6.45, 7) is 23.6. The first kappa shape index (κ1) is 39.3. The maximum Gasteiger partial charge on any atom is 0.333 e. The normalized spacial score (nSPS) is 16.2. The van der Waals surface area contributed by atoms with Crippen LogP contribution < -0.4 is 15.7 Å². The lowest BCUT2D eigenvalue weighted by atomic mass is 9.43. The maximum absolute atomic E-state index is 7.27. The van der Waals surface area contributed by atoms with Gasteiger partial charge in [0.15, 0.2) is 0 Å². The fourth-order valence-corrected chi connectivity index (χ4v) is 12.8. The number of aromatic nitrogens is 2. The summed E-state index contributed by atoms with van der Waals surface area (Å²) in [5.41, 5.74) is 21.0. The van der Waals surface area contributed by atoms with Gasteiger partial charge in [0.1, 0.15) is 16.2 Å². The number of para-hydroxylation sites is 1. The summed E-state index contributed by atoms with van der Waals surface area (Å²) in [5, 5.41) is 5.87. The molecule has 13 rings (SSSR count). The van der Waals surface area contributed by atoms with E-state index in [9.17, 15) is 0 Å². The highest BCUT2D eigenvalue weighted by Gasteiger charge is 2.48. The van der Waals surface area contributed by atoms with E-state index in [4.69, 9.17) is 9.40 Å². The van der Waals surface area contributed by atoms with Crippen molar-refractivity contribution in [3.8, 4) is 27.4 Å². The lowest BCUT2D eigenvalue weighted by Crippen LogP contribution is -2.60. The fourth-order valence-electron chi connectivity index (χ4n) is 11.8. The maximum atomic E-state index is 7.27. The monoisotopic (exact) mass is 863 g/mol. The number of nitrogens with zero attached hydrogens (tertiary/aromatic N) is 3. The van der Waals surface area contributed by atoms with Crippen LogP contribution in [0.1, 0.15) is 104 Å². The third-order valence-electron chi connectivity index (χ3n) is 15.6. The van der Waals surface area contributed by atoms with Gasteiger partial charge in [-0.1, -0.05) is 136 Å². The lowest BCUT2D eigenvalue weighted by Gasteiger charge is -2.46. The predicted molar refractivity (Wildman–Crippen MR) is 278 cm³/mol. The molecule has 4 nitrogen and oxygen atoms in total. The van der Waals surface area contributed by atoms with Crippen LogP contribution in [0.15, 0.2) is 126 Å². The van der Waals surface area contributed by atoms with E-state index in [2.05, 4.69) is 200 Å². The molecule has 5 heterocycles. The second kappa shape index (κ2) is 12.8. The molecule has 0 saturated carbocycles. The Kier molecular flexibility index (Phi) is 7.75. The molecule has 0 spiro atoms. The highest BCUT2D eigenvalue weighted by Crippen LogP contribution is 2.55. The van der Waals surface area contributed by atoms with Crippen molar-refractivity contribution < 1.29 is 4.42 Å². The van der Waals surface area contributed by atoms with E-state index < -0.39 is 0 Å². The average molecular weight is 864 g/mol. The van der Waals surface area contributed by atoms with Crippen LogP contribution in [0.2, 0.25) is 0 Å². The first-order valence-electron chi connectivity index (χ1n) is 23.5. The first-order chi connectivity index (χ1) is 31.0. The van der Waals surface area contributed by atoms with E-state index in [0.717, 1.165) is 40.1 Å². The summed E-state index contributed by atoms with van der Waals surface area (Å²) in [7, 11) is 0. The van der Waals surface area contributed by atoms with Gasteiger partial charge >= 0.3 is 6.85 Å². The summed E-state index contributed by atoms with van der Waals surface area (Å²) in [6.07, 6.45) is 2.29. The van der Waals surface area contributed by atoms with Crippen LogP contribution in [0.3, 0.4) is 0 Å². The molecular formula is C59H54BN3OS. The van der Waals surface area contributed by atoms with Gasteiger partial charge in [0.25, 0.3) is 0 Å². The lowest BCUT2D eigenvalue weighted by molar-refractivity contribution is 0.332. The zero-order chi connectivity index (χ0) is 44.7. The minimum atomic E-state index is -0.156. The van der Waals surface area contributed by atoms with Crippen molar-refractivity contribution in [3.63, 3.8) is 0 Å². The number of hydrogen-bond acceptors (Lipinski definition) is 4. The van der Waals surface area contributed by atoms with Gasteiger partial charge in [-0.25, -0.2) is 4.98 Å². The molecule has 0 amide bonds. The Labute approximate surface area is 386 Å². The highest BCUT2D eigenvalue weighted by molar-refractivity contribution is 7.21. The molecule has 0 bridgehead atoms. The van der Waals surface area contributed by atoms with E-state index in [0.29, 0.717) is 0 Å². The molecule has 3 aliphatic rings. The third-order valence-corrected chi connectivity index (χ3v) is 16.6. The van der Waals surface area contributed by atoms with E-state index in [1.54, 1.807) is 11.3 Å². The fraction of sp³-hybridized carbons (Fsp3) is 0.271. The molecule has 0 unspecified atom stereocenters. The molecule has 1 aliphatic carbocycles. The minimum absolute atomic E-state index is 0.0196. The van der Waals surface area contributed by atoms with E-state index in [1.807, 2.05) is 0 Å². The number of rotatable bonds is 2. The Morgan fingerprint density at radius 2 is 1.34 bits per heavy atom. The average Bonchev–Trinajstić information content (AvgIpc) is 3.98. The summed E-state index contributed by atoms with van der Waals surface area (Å²) in [4.78, 5) is 8.14. The Morgan fingerprint density at radius 3 is 2.06 bits per heavy atom. The van der Waals surface area contributed by atoms with Crippen LogP contribution in [0, 0.1) is 0 Å². The predicted octanol–water partition coefficient (Wildman–Crippen LogP) is 15.1. The molecule has 2 aliphatic heterocycles. The molecule has 0 atom stereocenters. The van der Waals surface area contributed by atoms with Crippen molar-refractivity contribution in [2.75, 3.05) is 4.81 Å². The van der Waals surface area contributed by atoms with Gasteiger partial charge in [-0.05, 0) is 128 Å². The highest BCUT2D eigenvalue weighted by atomic mass is 32.1. The molecule has 0 radical (unpaired) electrons. The van der Waals surface area contributed by atoms with E-state index >= 15 is 0 Å². The molecule has 65 heavy (non-hydrogen) atoms. The molecular weight excluding hydrogens is 810 g/mol. The molecule has 10 aromatic rings. The number of anilines is 2. The molecule has 6 heteroatoms. The second-order valence-corrected chi connectivity index (χ2v) is 23.7. The molecule has 320 valence electrons. The molecule has 0 saturated heterocycles. The van der Waals surface area contributed by atoms with Crippen molar-refractivity contribution in [1.82, 2.24) is 9.55 Å². The molecule has 3 aromatic heterocycles. The van der Waals surface area contributed by atoms with Crippen LogP contribution in [-0.2, 0) is 21.7 Å². The van der Waals surface area contributed by atoms with Gasteiger partial charge < -0.3 is 13.8 Å². The Hall–Kier alpha value is -6.11. The quantitative estimate of drug-likeness (QED) is 0.162. The van der Waals surface area contributed by atoms with Gasteiger partial charge in [-0.3, -0.25) is 0 Å². The van der Waals surface area contributed by atoms with Gasteiger partial charge in [0.2, 0.25) is 0 Å². The summed E-state index contributed by atoms with van der Waals surface area (Å²) >= 11 is 1.79. The minimum Gasteiger partial charge on any atom is -0.455 e. The van der Waals surface area contributed by atoms with Crippen molar-refractivity contribution in [3.05, 3.63) is 144 Å². The van der Waals surface area contributed by atoms with Crippen molar-refractivity contribution in [2.24, 2.45) is 0 Å². The Balaban J connectivity index is 1.26. The van der Waals surface area contributed by atoms with Crippen LogP contribution in [0.5, 0.6) is 0 Å². The Bertz CT molecular complexity index is 3680. The van der Waals surface area contributed by atoms with Crippen molar-refractivity contribution >= 4 is 94.4 Å². The van der Waals surface area contributed by atoms with Gasteiger partial charge in [-0.2, -0.15) is 0 Å². The Morgan fingerprint density at radius 1 is 0.662 bits per heavy atom. The molecule has 0 fully saturated rings. The van der Waals surface area contributed by atoms with E-state index in [1.165, 1.54) is 98.6 Å². The number of furan rings is 1. The summed E-state index contributed by atoms with van der Waals surface area (Å²) in [6, 6.07) is 46.2. The number of benzene rings is 7. The number of fused-ring (bicyclic) bond motifs is 15. The van der Waals surface area contributed by atoms with Crippen LogP contribution in [0.25, 0.3) is 81.3 Å². The topological polar surface area (TPSA) is 34.2 Å². The summed E-state index contributed by atoms with van der Waals surface area (Å²) < 4.78 is 11.1. The van der Waals surface area contributed by atoms with Crippen LogP contribution in [-0.4, -0.2) is 16.4 Å². The SMILES string of the molecule is CC(C)(C)c1ccc(N2B3c4cc5nc(-c6ccccc6)sc5cc4-n4c5ccc(C(C)(C)C)cc5c5c6oc7ccccc7c6c(c3c54)-c3cc4c(cc32)C(C)(C)CCC4(C)C)cc1. The van der Waals surface area contributed by atoms with Gasteiger partial charge in [-0.15, -0.1) is 11.3 Å². The third kappa shape index (κ3) is 5.41. The number of hydrogen-bond donors (Lipinski definition) is 0. The van der Waals surface area contributed by atoms with Crippen molar-refractivity contribution in [1.29, 1.82) is 0 Å². The second-order valence-electron chi connectivity index (χ2n) is 22.6. The van der Waals surface area contributed by atoms with Gasteiger partial charge in [0.05, 0.1) is 26.6 Å². The molecule has 7 aromatic carbocycles. The van der Waals surface area contributed by atoms with E-state index in [-0.39, 0.29) is 28.5 Å². The standard InChI is InChI=1S/C59H54BN3OS/c1-56(2,3)34-20-23-36(24-21-34)63-45-30-41-40(58(7,8)26-27-59(41,9)10)29-39(45)49-50-37-18-14-15-19-47(37)64-54(50)51-38-28-35(57(4,5)6)22-25-44(38)62-46-32-48-43(31-42(46)60(63)52(49)53(51)62)61-55(65-48)33-16-12-11-13-17-33/h11-25,28-32H,26-27H2,1-10H3. The zero-order valence-electron chi connectivity index (χ0n) is 39.2. The largest absolute Gasteiger partial charge is 0.455 e. The molecule has 0 N–H and O–H groups in total. The first-order valence-corrected chi connectivity index (χ1v) is 24.3. The van der Waals surface area contributed by atoms with Crippen LogP contribution >= 0.6 is 11.3 Å².